The van der Waals surface area contributed by atoms with Crippen molar-refractivity contribution in [2.24, 2.45) is 16.7 Å². The van der Waals surface area contributed by atoms with E-state index in [4.69, 9.17) is 14.2 Å². The number of hydrogen-bond donors (Lipinski definition) is 8. The highest BCUT2D eigenvalue weighted by Gasteiger charge is 2.50. The third kappa shape index (κ3) is 19.2. The predicted molar refractivity (Wildman–Crippen MR) is 365 cm³/mol. The molecule has 26 heteroatoms. The number of ether oxygens (including phenoxy) is 3. The van der Waals surface area contributed by atoms with Gasteiger partial charge in [0.05, 0.1) is 62.8 Å². The zero-order valence-corrected chi connectivity index (χ0v) is 57.9. The first-order valence-electron chi connectivity index (χ1n) is 33.6. The molecule has 2 saturated heterocycles. The van der Waals surface area contributed by atoms with Crippen LogP contribution in [0.1, 0.15) is 111 Å². The standard InChI is InChI=1S/C72H96N12O14/c1-42(73-9)62(86)78-60(71(3,4)5)67(91)83-32-29-56-58(83)66(90)77-54(38-45-25-27-47-20-15-17-22-49(47)36-45)64(88)75-52(70(95)96-11)28-31-82-40-51(80-81-82)41-98-57-30-33-84(68(92)61(72(6,7)8)79-63(87)43(2)74-10)59(57)65(89)76-53(37-44-24-26-46-19-14-16-21-48(46)35-44)55(85)39-50(69(93)94)23-13-12-18-34-97-56/h12,14-22,24-27,35-36,40,42-43,50,52-54,56-61,73-74H,13,23,28-34,37-39,41H2,1-11H3,(H,75,88)(H,76,89)(H,77,90)(H,78,86)(H,79,87)(H,93,94)/b18-12+/t42-,43-,50+,52-,53-,54-,56+,57+,58-,59-,60+,61+/m0/s1. The molecule has 3 aliphatic rings. The number of amides is 7. The molecule has 0 aliphatic carbocycles. The second-order valence-electron chi connectivity index (χ2n) is 27.9. The number of rotatable bonds is 14. The van der Waals surface area contributed by atoms with E-state index in [1.165, 1.54) is 21.6 Å². The highest BCUT2D eigenvalue weighted by atomic mass is 16.5. The second-order valence-corrected chi connectivity index (χ2v) is 27.9. The molecule has 0 unspecified atom stereocenters. The van der Waals surface area contributed by atoms with Gasteiger partial charge in [0, 0.05) is 32.5 Å². The van der Waals surface area contributed by atoms with Crippen molar-refractivity contribution >= 4 is 80.6 Å². The van der Waals surface area contributed by atoms with E-state index in [9.17, 15) is 33.9 Å². The summed E-state index contributed by atoms with van der Waals surface area (Å²) < 4.78 is 19.6. The van der Waals surface area contributed by atoms with Gasteiger partial charge in [-0.25, -0.2) is 4.79 Å². The van der Waals surface area contributed by atoms with E-state index in [1.54, 1.807) is 87.8 Å². The molecule has 4 aromatic carbocycles. The number of carboxylic acid groups (broad SMARTS) is 1. The number of ketones is 1. The third-order valence-electron chi connectivity index (χ3n) is 18.6. The Hall–Kier alpha value is -8.98. The number of esters is 1. The van der Waals surface area contributed by atoms with Crippen LogP contribution in [0.25, 0.3) is 21.5 Å². The first kappa shape index (κ1) is 74.8. The predicted octanol–water partition coefficient (Wildman–Crippen LogP) is 3.85. The number of likely N-dealkylation sites (tertiary alicyclic amines) is 2. The Balaban J connectivity index is 1.16. The number of hydrogen-bond acceptors (Lipinski definition) is 17. The quantitative estimate of drug-likeness (QED) is 0.0578. The van der Waals surface area contributed by atoms with E-state index >= 15 is 19.2 Å². The number of likely N-dealkylation sites (N-methyl/N-ethyl adjacent to an activating group) is 2. The summed E-state index contributed by atoms with van der Waals surface area (Å²) in [6, 6.07) is 16.1. The van der Waals surface area contributed by atoms with Gasteiger partial charge in [-0.15, -0.1) is 5.10 Å². The molecule has 1 aromatic heterocycles. The van der Waals surface area contributed by atoms with E-state index < -0.39 is 149 Å². The number of fused-ring (bicyclic) bond motifs is 6. The Kier molecular flexibility index (Phi) is 25.6. The highest BCUT2D eigenvalue weighted by molar-refractivity contribution is 5.99. The van der Waals surface area contributed by atoms with Crippen molar-refractivity contribution in [3.8, 4) is 0 Å². The van der Waals surface area contributed by atoms with Crippen LogP contribution in [0.5, 0.6) is 0 Å². The summed E-state index contributed by atoms with van der Waals surface area (Å²) in [7, 11) is 4.40. The summed E-state index contributed by atoms with van der Waals surface area (Å²) in [5.74, 6) is -8.19. The Morgan fingerprint density at radius 2 is 1.13 bits per heavy atom. The lowest BCUT2D eigenvalue weighted by Crippen LogP contribution is -2.62. The van der Waals surface area contributed by atoms with Crippen LogP contribution < -0.4 is 37.2 Å². The Morgan fingerprint density at radius 3 is 1.63 bits per heavy atom. The number of carbonyl (C=O) groups excluding carboxylic acids is 9. The lowest BCUT2D eigenvalue weighted by molar-refractivity contribution is -0.147. The van der Waals surface area contributed by atoms with Gasteiger partial charge >= 0.3 is 11.9 Å². The average Bonchev–Trinajstić information content (AvgIpc) is 1.58. The molecule has 12 atom stereocenters. The van der Waals surface area contributed by atoms with E-state index in [2.05, 4.69) is 47.5 Å². The number of Topliss-reactive ketones (excluding diaryl/α,β-unsaturated/α-hetero) is 1. The number of nitrogens with zero attached hydrogens (tertiary/aromatic N) is 5. The number of carbonyl (C=O) groups is 10. The minimum Gasteiger partial charge on any atom is -0.481 e. The molecule has 2 fully saturated rings. The lowest BCUT2D eigenvalue weighted by atomic mass is 9.85. The van der Waals surface area contributed by atoms with Crippen LogP contribution in [0.2, 0.25) is 0 Å². The molecule has 528 valence electrons. The first-order valence-corrected chi connectivity index (χ1v) is 33.6. The van der Waals surface area contributed by atoms with Gasteiger partial charge in [-0.1, -0.05) is 144 Å². The number of methoxy groups -OCH3 is 1. The summed E-state index contributed by atoms with van der Waals surface area (Å²) in [5, 5.41) is 43.2. The number of aliphatic carboxylic acids is 1. The molecule has 0 saturated carbocycles. The van der Waals surface area contributed by atoms with Gasteiger partial charge in [-0.3, -0.25) is 47.8 Å². The minimum atomic E-state index is -1.38. The zero-order chi connectivity index (χ0) is 71.2. The van der Waals surface area contributed by atoms with Crippen molar-refractivity contribution < 1.29 is 67.3 Å². The summed E-state index contributed by atoms with van der Waals surface area (Å²) >= 11 is 0. The zero-order valence-electron chi connectivity index (χ0n) is 57.9. The third-order valence-corrected chi connectivity index (χ3v) is 18.6. The van der Waals surface area contributed by atoms with Crippen molar-refractivity contribution in [1.29, 1.82) is 0 Å². The maximum atomic E-state index is 15.3. The van der Waals surface area contributed by atoms with Crippen molar-refractivity contribution in [3.63, 3.8) is 0 Å². The number of carboxylic acids is 1. The smallest absolute Gasteiger partial charge is 0.328 e. The molecular weight excluding hydrogens is 1260 g/mol. The van der Waals surface area contributed by atoms with E-state index in [1.807, 2.05) is 84.9 Å². The topological polar surface area (TPSA) is 340 Å². The van der Waals surface area contributed by atoms with Crippen LogP contribution in [0.15, 0.2) is 103 Å². The van der Waals surface area contributed by atoms with Gasteiger partial charge in [0.15, 0.2) is 5.78 Å². The molecule has 26 nitrogen and oxygen atoms in total. The monoisotopic (exact) mass is 1350 g/mol. The van der Waals surface area contributed by atoms with E-state index in [0.29, 0.717) is 11.1 Å². The number of aryl methyl sites for hydroxylation is 1. The Bertz CT molecular complexity index is 3730. The van der Waals surface area contributed by atoms with E-state index in [-0.39, 0.29) is 83.5 Å². The number of benzene rings is 4. The number of nitrogens with one attached hydrogen (secondary N) is 7. The lowest BCUT2D eigenvalue weighted by Gasteiger charge is -2.37. The molecule has 3 aliphatic heterocycles. The Labute approximate surface area is 571 Å². The van der Waals surface area contributed by atoms with E-state index in [0.717, 1.165) is 21.5 Å². The number of allylic oxidation sites excluding steroid dienone is 1. The molecule has 8 N–H and O–H groups in total. The van der Waals surface area contributed by atoms with Gasteiger partial charge in [0.1, 0.15) is 41.9 Å². The fourth-order valence-electron chi connectivity index (χ4n) is 12.6. The van der Waals surface area contributed by atoms with Crippen molar-refractivity contribution in [1.82, 2.24) is 62.0 Å². The molecular formula is C72H96N12O14. The maximum absolute atomic E-state index is 15.3. The maximum Gasteiger partial charge on any atom is 0.328 e. The fraction of sp³-hybridized carbons (Fsp3) is 0.528. The number of aromatic nitrogens is 3. The summed E-state index contributed by atoms with van der Waals surface area (Å²) in [4.78, 5) is 147. The van der Waals surface area contributed by atoms with Crippen LogP contribution in [0.3, 0.4) is 0 Å². The van der Waals surface area contributed by atoms with Crippen LogP contribution in [0, 0.1) is 16.7 Å². The van der Waals surface area contributed by atoms with Gasteiger partial charge in [0.2, 0.25) is 41.4 Å². The highest BCUT2D eigenvalue weighted by Crippen LogP contribution is 2.32. The van der Waals surface area contributed by atoms with Crippen molar-refractivity contribution in [2.45, 2.75) is 186 Å². The minimum absolute atomic E-state index is 0.00364. The normalized spacial score (nSPS) is 23.8. The van der Waals surface area contributed by atoms with Crippen molar-refractivity contribution in [2.75, 3.05) is 40.9 Å². The molecule has 8 rings (SSSR count). The summed E-state index contributed by atoms with van der Waals surface area (Å²) in [6.45, 7) is 13.7. The first-order chi connectivity index (χ1) is 46.6. The summed E-state index contributed by atoms with van der Waals surface area (Å²) in [6.07, 6.45) is 2.59. The largest absolute Gasteiger partial charge is 0.481 e. The SMILES string of the molecule is CN[C@@H](C)C(=O)N[C@H](C(=O)N1CC[C@H]2OCc3cn(nn3)CC[C@@H](C(=O)OC)NC(=O)[C@H](Cc3ccc4ccccc4c3)NC(=O)[C@@H]3[C@@H](CCN3C(=O)[C@@H](NC(=O)[C@H](C)NC)C(C)(C)C)OC/C=C/CC[C@@H](C(=O)O)CC(=O)[C@H](Cc3ccc4ccccc4c3)NC(=O)[C@H]21)C(C)(C)C. The van der Waals surface area contributed by atoms with Crippen molar-refractivity contribution in [3.05, 3.63) is 120 Å². The van der Waals surface area contributed by atoms with Crippen LogP contribution in [0.4, 0.5) is 0 Å². The molecule has 0 radical (unpaired) electrons. The average molecular weight is 1350 g/mol. The fourth-order valence-corrected chi connectivity index (χ4v) is 12.6. The molecule has 4 heterocycles. The molecule has 2 bridgehead atoms. The van der Waals surface area contributed by atoms with Gasteiger partial charge < -0.3 is 66.3 Å². The van der Waals surface area contributed by atoms with Crippen LogP contribution in [-0.2, 0) is 88.1 Å². The molecule has 98 heavy (non-hydrogen) atoms. The Morgan fingerprint density at radius 1 is 0.633 bits per heavy atom. The van der Waals surface area contributed by atoms with Crippen LogP contribution >= 0.6 is 0 Å². The molecule has 5 aromatic rings. The van der Waals surface area contributed by atoms with Gasteiger partial charge in [0.25, 0.3) is 0 Å². The molecule has 0 spiro atoms. The van der Waals surface area contributed by atoms with Gasteiger partial charge in [-0.2, -0.15) is 0 Å². The van der Waals surface area contributed by atoms with Crippen LogP contribution in [-0.4, -0.2) is 196 Å². The summed E-state index contributed by atoms with van der Waals surface area (Å²) in [5.41, 5.74) is -0.134. The molecule has 7 amide bonds. The van der Waals surface area contributed by atoms with Gasteiger partial charge in [-0.05, 0) is 110 Å². The second kappa shape index (κ2) is 33.5.